The van der Waals surface area contributed by atoms with Gasteiger partial charge in [0.05, 0.1) is 41.8 Å². The first-order valence-electron chi connectivity index (χ1n) is 17.4. The number of hydrogen-bond acceptors (Lipinski definition) is 8. The molecule has 14 heteroatoms. The molecule has 2 aliphatic heterocycles. The molecule has 51 heavy (non-hydrogen) atoms. The predicted molar refractivity (Wildman–Crippen MR) is 196 cm³/mol. The molecule has 3 aromatic rings. The van der Waals surface area contributed by atoms with E-state index in [9.17, 15) is 13.8 Å². The zero-order chi connectivity index (χ0) is 36.0. The zero-order valence-corrected chi connectivity index (χ0v) is 31.0. The van der Waals surface area contributed by atoms with Crippen LogP contribution < -0.4 is 19.7 Å². The van der Waals surface area contributed by atoms with Crippen molar-refractivity contribution in [3.8, 4) is 5.75 Å². The van der Waals surface area contributed by atoms with Crippen LogP contribution in [0.3, 0.4) is 0 Å². The van der Waals surface area contributed by atoms with E-state index in [1.807, 2.05) is 18.2 Å². The number of benzene rings is 2. The topological polar surface area (TPSA) is 136 Å². The Kier molecular flexibility index (Phi) is 9.68. The van der Waals surface area contributed by atoms with E-state index >= 15 is 0 Å². The van der Waals surface area contributed by atoms with Crippen molar-refractivity contribution in [2.24, 2.45) is 23.2 Å². The number of hydrogen-bond donors (Lipinski definition) is 2. The highest BCUT2D eigenvalue weighted by Gasteiger charge is 2.44. The van der Waals surface area contributed by atoms with E-state index in [1.54, 1.807) is 52.4 Å². The molecule has 1 spiro atoms. The molecule has 2 aromatic carbocycles. The molecular formula is C37H45ClN6O6S. The molecule has 4 aliphatic rings. The third-order valence-electron chi connectivity index (χ3n) is 10.7. The average Bonchev–Trinajstić information content (AvgIpc) is 3.42. The molecule has 1 aromatic heterocycles. The molecular weight excluding hydrogens is 692 g/mol. The number of fused-ring (bicyclic) bond motifs is 4. The second-order valence-corrected chi connectivity index (χ2v) is 16.9. The average molecular weight is 737 g/mol. The largest absolute Gasteiger partial charge is 0.490 e. The Labute approximate surface area is 304 Å². The molecule has 12 nitrogen and oxygen atoms in total. The Morgan fingerprint density at radius 1 is 1.18 bits per heavy atom. The number of methoxy groups -OCH3 is 1. The third kappa shape index (κ3) is 7.13. The van der Waals surface area contributed by atoms with E-state index in [0.717, 1.165) is 42.8 Å². The molecule has 2 aliphatic carbocycles. The summed E-state index contributed by atoms with van der Waals surface area (Å²) >= 11 is 6.46. The predicted octanol–water partition coefficient (Wildman–Crippen LogP) is 6.04. The van der Waals surface area contributed by atoms with E-state index in [4.69, 9.17) is 25.8 Å². The van der Waals surface area contributed by atoms with Crippen molar-refractivity contribution in [1.29, 1.82) is 0 Å². The van der Waals surface area contributed by atoms with Gasteiger partial charge in [-0.3, -0.25) is 9.48 Å². The van der Waals surface area contributed by atoms with Gasteiger partial charge in [0.2, 0.25) is 0 Å². The second kappa shape index (κ2) is 13.9. The van der Waals surface area contributed by atoms with Gasteiger partial charge in [0.1, 0.15) is 11.4 Å². The number of carbonyl (C=O) groups is 2. The van der Waals surface area contributed by atoms with Crippen LogP contribution in [0.1, 0.15) is 50.7 Å². The smallest absolute Gasteiger partial charge is 0.332 e. The van der Waals surface area contributed by atoms with Crippen LogP contribution in [-0.4, -0.2) is 71.0 Å². The minimum Gasteiger partial charge on any atom is -0.490 e. The fourth-order valence-electron chi connectivity index (χ4n) is 7.84. The first kappa shape index (κ1) is 35.5. The van der Waals surface area contributed by atoms with Gasteiger partial charge >= 0.3 is 6.03 Å². The number of urea groups is 1. The van der Waals surface area contributed by atoms with Gasteiger partial charge in [-0.2, -0.15) is 5.10 Å². The molecule has 272 valence electrons. The van der Waals surface area contributed by atoms with Crippen molar-refractivity contribution >= 4 is 44.8 Å². The molecule has 0 unspecified atom stereocenters. The van der Waals surface area contributed by atoms with E-state index in [1.165, 1.54) is 22.0 Å². The summed E-state index contributed by atoms with van der Waals surface area (Å²) in [5.74, 6) is 0.434. The lowest BCUT2D eigenvalue weighted by molar-refractivity contribution is -0.137. The molecule has 0 saturated heterocycles. The Morgan fingerprint density at radius 2 is 2.02 bits per heavy atom. The van der Waals surface area contributed by atoms with Crippen LogP contribution in [0, 0.1) is 11.8 Å². The Bertz CT molecular complexity index is 1990. The molecule has 0 radical (unpaired) electrons. The van der Waals surface area contributed by atoms with E-state index in [0.29, 0.717) is 37.1 Å². The number of nitrogens with zero attached hydrogens (tertiary/aromatic N) is 4. The maximum atomic E-state index is 15.0. The highest BCUT2D eigenvalue weighted by atomic mass is 35.5. The summed E-state index contributed by atoms with van der Waals surface area (Å²) in [6.07, 6.45) is 11.7. The van der Waals surface area contributed by atoms with Gasteiger partial charge < -0.3 is 24.4 Å². The lowest BCUT2D eigenvalue weighted by Gasteiger charge is -2.46. The van der Waals surface area contributed by atoms with Gasteiger partial charge in [-0.15, -0.1) is 4.36 Å². The highest BCUT2D eigenvalue weighted by molar-refractivity contribution is 7.92. The lowest BCUT2D eigenvalue weighted by Crippen LogP contribution is -2.49. The van der Waals surface area contributed by atoms with Gasteiger partial charge in [-0.05, 0) is 99.2 Å². The van der Waals surface area contributed by atoms with Crippen molar-refractivity contribution in [1.82, 2.24) is 14.5 Å². The van der Waals surface area contributed by atoms with Crippen LogP contribution in [-0.2, 0) is 43.1 Å². The number of rotatable bonds is 3. The van der Waals surface area contributed by atoms with Crippen LogP contribution in [0.5, 0.6) is 5.75 Å². The van der Waals surface area contributed by atoms with Crippen molar-refractivity contribution in [2.45, 2.75) is 68.0 Å². The number of anilines is 2. The summed E-state index contributed by atoms with van der Waals surface area (Å²) < 4.78 is 41.9. The third-order valence-corrected chi connectivity index (χ3v) is 12.8. The minimum atomic E-state index is -3.90. The van der Waals surface area contributed by atoms with Gasteiger partial charge in [-0.1, -0.05) is 29.8 Å². The lowest BCUT2D eigenvalue weighted by atomic mass is 9.68. The maximum absolute atomic E-state index is 15.0. The quantitative estimate of drug-likeness (QED) is 0.311. The fraction of sp³-hybridized carbons (Fsp3) is 0.486. The van der Waals surface area contributed by atoms with Crippen molar-refractivity contribution in [2.75, 3.05) is 43.6 Å². The number of aromatic nitrogens is 2. The van der Waals surface area contributed by atoms with Crippen molar-refractivity contribution in [3.63, 3.8) is 0 Å². The number of aryl methyl sites for hydroxylation is 2. The summed E-state index contributed by atoms with van der Waals surface area (Å²) in [4.78, 5) is 29.6. The second-order valence-electron chi connectivity index (χ2n) is 14.6. The molecule has 2 bridgehead atoms. The van der Waals surface area contributed by atoms with E-state index < -0.39 is 27.5 Å². The molecule has 1 fully saturated rings. The Hall–Kier alpha value is -3.91. The normalized spacial score (nSPS) is 28.7. The summed E-state index contributed by atoms with van der Waals surface area (Å²) in [5.41, 5.74) is 1.83. The number of nitrogens with one attached hydrogen (secondary N) is 2. The SMILES string of the molecule is CO[C@H]1C=CCOC(C)(C)C(=O)N=[S@](=O)(NC(=O)Nc2cnn(C)c2)c2ccc3c(c2)N(C[C@@H]2CC[C@H]21)C[C@@]1(CCCc2cc(Cl)ccc21)CO3. The van der Waals surface area contributed by atoms with Crippen LogP contribution in [0.15, 0.2) is 70.2 Å². The molecule has 1 saturated carbocycles. The Balaban J connectivity index is 1.35. The summed E-state index contributed by atoms with van der Waals surface area (Å²) in [7, 11) is -0.460. The van der Waals surface area contributed by atoms with Crippen LogP contribution in [0.2, 0.25) is 5.02 Å². The van der Waals surface area contributed by atoms with Gasteiger partial charge in [0, 0.05) is 43.9 Å². The number of carbonyl (C=O) groups excluding carboxylic acids is 2. The van der Waals surface area contributed by atoms with E-state index in [-0.39, 0.29) is 28.9 Å². The van der Waals surface area contributed by atoms with Crippen molar-refractivity contribution < 1.29 is 28.0 Å². The Morgan fingerprint density at radius 3 is 2.76 bits per heavy atom. The summed E-state index contributed by atoms with van der Waals surface area (Å²) in [6, 6.07) is 10.5. The van der Waals surface area contributed by atoms with Crippen molar-refractivity contribution in [3.05, 3.63) is 77.1 Å². The summed E-state index contributed by atoms with van der Waals surface area (Å²) in [6.45, 7) is 5.08. The highest BCUT2D eigenvalue weighted by Crippen LogP contribution is 2.47. The number of amides is 3. The maximum Gasteiger partial charge on any atom is 0.332 e. The zero-order valence-electron chi connectivity index (χ0n) is 29.4. The molecule has 3 amide bonds. The van der Waals surface area contributed by atoms with E-state index in [2.05, 4.69) is 36.5 Å². The van der Waals surface area contributed by atoms with Crippen LogP contribution in [0.4, 0.5) is 16.2 Å². The summed E-state index contributed by atoms with van der Waals surface area (Å²) in [5, 5.41) is 7.45. The molecule has 5 atom stereocenters. The fourth-order valence-corrected chi connectivity index (χ4v) is 9.58. The monoisotopic (exact) mass is 736 g/mol. The van der Waals surface area contributed by atoms with Gasteiger partial charge in [0.15, 0.2) is 9.92 Å². The standard InChI is InChI=1S/C37H45ClN6O6S/c1-36(2)34(45)41-51(47,42-35(46)40-27-19-39-43(3)21-27)28-11-14-33-31(18-28)44(20-25-9-12-29(25)32(48-4)8-6-16-50-36)22-37(23-49-33)15-5-7-24-17-26(38)10-13-30(24)37/h6,8,10-11,13-14,17-19,21,25,29,32H,5,7,9,12,15-16,20,22-23H2,1-4H3,(H2,40,41,42,45,46,47)/t25-,29+,32-,37-,51-/m0/s1. The molecule has 2 N–H and O–H groups in total. The minimum absolute atomic E-state index is 0.120. The number of halogens is 1. The van der Waals surface area contributed by atoms with Gasteiger partial charge in [0.25, 0.3) is 5.91 Å². The molecule has 3 heterocycles. The number of ether oxygens (including phenoxy) is 3. The van der Waals surface area contributed by atoms with Crippen LogP contribution >= 0.6 is 11.6 Å². The first-order chi connectivity index (χ1) is 24.4. The molecule has 7 rings (SSSR count). The first-order valence-corrected chi connectivity index (χ1v) is 19.3. The van der Waals surface area contributed by atoms with Gasteiger partial charge in [-0.25, -0.2) is 13.7 Å². The van der Waals surface area contributed by atoms with Crippen LogP contribution in [0.25, 0.3) is 0 Å².